The molecule has 8 heteroatoms. The first kappa shape index (κ1) is 25.6. The fourth-order valence-electron chi connectivity index (χ4n) is 5.46. The van der Waals surface area contributed by atoms with Crippen LogP contribution in [0.15, 0.2) is 24.4 Å². The van der Waals surface area contributed by atoms with Crippen molar-refractivity contribution >= 4 is 17.5 Å². The van der Waals surface area contributed by atoms with Crippen LogP contribution in [0.2, 0.25) is 0 Å². The first-order valence-corrected chi connectivity index (χ1v) is 13.2. The summed E-state index contributed by atoms with van der Waals surface area (Å²) >= 11 is 0. The molecule has 0 bridgehead atoms. The minimum Gasteiger partial charge on any atom is -0.385 e. The van der Waals surface area contributed by atoms with Gasteiger partial charge in [-0.25, -0.2) is 4.98 Å². The van der Waals surface area contributed by atoms with Gasteiger partial charge in [-0.05, 0) is 56.6 Å². The van der Waals surface area contributed by atoms with Crippen molar-refractivity contribution < 1.29 is 14.3 Å². The largest absolute Gasteiger partial charge is 0.385 e. The number of hydrogen-bond donors (Lipinski definition) is 1. The molecule has 0 unspecified atom stereocenters. The second-order valence-corrected chi connectivity index (χ2v) is 10.4. The number of aromatic nitrogens is 2. The average Bonchev–Trinajstić information content (AvgIpc) is 3.53. The Labute approximate surface area is 209 Å². The van der Waals surface area contributed by atoms with Crippen LogP contribution in [0, 0.1) is 11.8 Å². The number of methoxy groups -OCH3 is 1. The van der Waals surface area contributed by atoms with Crippen LogP contribution in [0.25, 0.3) is 5.65 Å². The predicted molar refractivity (Wildman–Crippen MR) is 136 cm³/mol. The fraction of sp³-hybridized carbons (Fsp3) is 0.667. The maximum atomic E-state index is 14.1. The molecular formula is C27H41N5O3. The molecule has 0 radical (unpaired) electrons. The molecule has 0 saturated carbocycles. The van der Waals surface area contributed by atoms with E-state index in [0.717, 1.165) is 56.5 Å². The molecule has 2 saturated heterocycles. The molecule has 8 nitrogen and oxygen atoms in total. The zero-order valence-electron chi connectivity index (χ0n) is 21.5. The van der Waals surface area contributed by atoms with Crippen LogP contribution >= 0.6 is 0 Å². The molecule has 2 aromatic heterocycles. The molecule has 4 rings (SSSR count). The highest BCUT2D eigenvalue weighted by atomic mass is 16.5. The highest BCUT2D eigenvalue weighted by Gasteiger charge is 2.36. The van der Waals surface area contributed by atoms with Crippen molar-refractivity contribution in [2.75, 3.05) is 46.4 Å². The average molecular weight is 484 g/mol. The van der Waals surface area contributed by atoms with Gasteiger partial charge in [0, 0.05) is 58.7 Å². The topological polar surface area (TPSA) is 79.2 Å². The van der Waals surface area contributed by atoms with Gasteiger partial charge >= 0.3 is 0 Å². The number of nitrogens with one attached hydrogen (secondary N) is 1. The minimum atomic E-state index is -0.0797. The lowest BCUT2D eigenvalue weighted by Gasteiger charge is -2.39. The SMILES string of the molecule is COCCCCc1c(C(=O)N(CC(C)C)[C@@H]2CNC[C@H](C(=O)N3CCCC3)C2)nc2ccccn12. The summed E-state index contributed by atoms with van der Waals surface area (Å²) in [5, 5.41) is 3.46. The maximum absolute atomic E-state index is 14.1. The Bertz CT molecular complexity index is 998. The number of likely N-dealkylation sites (tertiary alicyclic amines) is 1. The molecule has 0 spiro atoms. The van der Waals surface area contributed by atoms with Gasteiger partial charge in [-0.15, -0.1) is 0 Å². The van der Waals surface area contributed by atoms with E-state index in [0.29, 0.717) is 44.3 Å². The van der Waals surface area contributed by atoms with E-state index in [1.807, 2.05) is 38.6 Å². The Morgan fingerprint density at radius 2 is 2.00 bits per heavy atom. The van der Waals surface area contributed by atoms with Gasteiger partial charge in [0.15, 0.2) is 5.69 Å². The summed E-state index contributed by atoms with van der Waals surface area (Å²) in [6.07, 6.45) is 7.51. The number of pyridine rings is 1. The monoisotopic (exact) mass is 483 g/mol. The highest BCUT2D eigenvalue weighted by molar-refractivity contribution is 5.95. The molecule has 2 atom stereocenters. The van der Waals surface area contributed by atoms with Crippen LogP contribution in [0.4, 0.5) is 0 Å². The predicted octanol–water partition coefficient (Wildman–Crippen LogP) is 3.00. The molecule has 2 aliphatic rings. The Morgan fingerprint density at radius 1 is 1.20 bits per heavy atom. The Kier molecular flexibility index (Phi) is 8.78. The van der Waals surface area contributed by atoms with E-state index >= 15 is 0 Å². The first-order chi connectivity index (χ1) is 17.0. The number of hydrogen-bond acceptors (Lipinski definition) is 5. The van der Waals surface area contributed by atoms with E-state index in [9.17, 15) is 9.59 Å². The Balaban J connectivity index is 1.58. The lowest BCUT2D eigenvalue weighted by molar-refractivity contribution is -0.135. The van der Waals surface area contributed by atoms with Gasteiger partial charge in [0.1, 0.15) is 5.65 Å². The van der Waals surface area contributed by atoms with E-state index in [1.54, 1.807) is 7.11 Å². The van der Waals surface area contributed by atoms with Gasteiger partial charge < -0.3 is 24.3 Å². The van der Waals surface area contributed by atoms with Crippen molar-refractivity contribution in [2.45, 2.75) is 58.4 Å². The van der Waals surface area contributed by atoms with Gasteiger partial charge in [-0.3, -0.25) is 9.59 Å². The second kappa shape index (κ2) is 12.0. The number of aryl methyl sites for hydroxylation is 1. The summed E-state index contributed by atoms with van der Waals surface area (Å²) in [5.41, 5.74) is 2.30. The van der Waals surface area contributed by atoms with Crippen molar-refractivity contribution in [3.8, 4) is 0 Å². The third kappa shape index (κ3) is 6.04. The Hall–Kier alpha value is -2.45. The van der Waals surface area contributed by atoms with E-state index in [-0.39, 0.29) is 23.8 Å². The van der Waals surface area contributed by atoms with Crippen LogP contribution in [0.1, 0.15) is 62.1 Å². The summed E-state index contributed by atoms with van der Waals surface area (Å²) in [7, 11) is 1.72. The number of imidazole rings is 1. The number of carbonyl (C=O) groups is 2. The highest BCUT2D eigenvalue weighted by Crippen LogP contribution is 2.25. The van der Waals surface area contributed by atoms with Crippen LogP contribution < -0.4 is 5.32 Å². The summed E-state index contributed by atoms with van der Waals surface area (Å²) in [6, 6.07) is 5.86. The van der Waals surface area contributed by atoms with Gasteiger partial charge in [-0.2, -0.15) is 0 Å². The molecule has 2 aromatic rings. The number of carbonyl (C=O) groups excluding carboxylic acids is 2. The molecule has 2 aliphatic heterocycles. The summed E-state index contributed by atoms with van der Waals surface area (Å²) in [6.45, 7) is 8.75. The quantitative estimate of drug-likeness (QED) is 0.526. The van der Waals surface area contributed by atoms with Crippen LogP contribution in [0.3, 0.4) is 0 Å². The molecule has 4 heterocycles. The fourth-order valence-corrected chi connectivity index (χ4v) is 5.46. The number of ether oxygens (including phenoxy) is 1. The van der Waals surface area contributed by atoms with Gasteiger partial charge in [0.2, 0.25) is 5.91 Å². The number of unbranched alkanes of at least 4 members (excludes halogenated alkanes) is 1. The molecule has 0 aromatic carbocycles. The van der Waals surface area contributed by atoms with Crippen LogP contribution in [0.5, 0.6) is 0 Å². The van der Waals surface area contributed by atoms with Crippen LogP contribution in [-0.2, 0) is 16.0 Å². The molecule has 192 valence electrons. The summed E-state index contributed by atoms with van der Waals surface area (Å²) in [5.74, 6) is 0.452. The lowest BCUT2D eigenvalue weighted by atomic mass is 9.92. The molecule has 2 fully saturated rings. The van der Waals surface area contributed by atoms with Crippen molar-refractivity contribution in [3.63, 3.8) is 0 Å². The number of piperidine rings is 1. The van der Waals surface area contributed by atoms with Crippen molar-refractivity contribution in [3.05, 3.63) is 35.8 Å². The summed E-state index contributed by atoms with van der Waals surface area (Å²) < 4.78 is 7.27. The normalized spacial score (nSPS) is 20.6. The molecular weight excluding hydrogens is 442 g/mol. The number of nitrogens with zero attached hydrogens (tertiary/aromatic N) is 4. The number of fused-ring (bicyclic) bond motifs is 1. The molecule has 1 N–H and O–H groups in total. The standard InChI is InChI=1S/C27H41N5O3/c1-20(2)19-32(22-16-21(17-28-18-22)26(33)30-12-7-8-13-30)27(34)25-23(10-5-9-15-35-3)31-14-6-4-11-24(31)29-25/h4,6,11,14,20-22,28H,5,7-10,12-13,15-19H2,1-3H3/t21-,22+/m1/s1. The number of rotatable bonds is 10. The third-order valence-corrected chi connectivity index (χ3v) is 7.20. The van der Waals surface area contributed by atoms with Crippen molar-refractivity contribution in [2.24, 2.45) is 11.8 Å². The van der Waals surface area contributed by atoms with Gasteiger partial charge in [0.25, 0.3) is 5.91 Å². The molecule has 2 amide bonds. The second-order valence-electron chi connectivity index (χ2n) is 10.4. The number of amides is 2. The summed E-state index contributed by atoms with van der Waals surface area (Å²) in [4.78, 5) is 36.0. The zero-order chi connectivity index (χ0) is 24.8. The van der Waals surface area contributed by atoms with Gasteiger partial charge in [-0.1, -0.05) is 19.9 Å². The lowest BCUT2D eigenvalue weighted by Crippen LogP contribution is -2.55. The first-order valence-electron chi connectivity index (χ1n) is 13.2. The van der Waals surface area contributed by atoms with E-state index in [4.69, 9.17) is 9.72 Å². The maximum Gasteiger partial charge on any atom is 0.274 e. The minimum absolute atomic E-state index is 0.0230. The zero-order valence-corrected chi connectivity index (χ0v) is 21.5. The van der Waals surface area contributed by atoms with Crippen molar-refractivity contribution in [1.82, 2.24) is 24.5 Å². The van der Waals surface area contributed by atoms with E-state index in [2.05, 4.69) is 19.2 Å². The van der Waals surface area contributed by atoms with E-state index in [1.165, 1.54) is 0 Å². The third-order valence-electron chi connectivity index (χ3n) is 7.20. The Morgan fingerprint density at radius 3 is 2.74 bits per heavy atom. The van der Waals surface area contributed by atoms with Gasteiger partial charge in [0.05, 0.1) is 11.6 Å². The van der Waals surface area contributed by atoms with E-state index < -0.39 is 0 Å². The molecule has 0 aliphatic carbocycles. The van der Waals surface area contributed by atoms with Crippen LogP contribution in [-0.4, -0.2) is 83.5 Å². The van der Waals surface area contributed by atoms with Crippen molar-refractivity contribution in [1.29, 1.82) is 0 Å². The molecule has 35 heavy (non-hydrogen) atoms. The smallest absolute Gasteiger partial charge is 0.274 e.